The van der Waals surface area contributed by atoms with Gasteiger partial charge in [0.25, 0.3) is 0 Å². The summed E-state index contributed by atoms with van der Waals surface area (Å²) < 4.78 is 12.8. The topological polar surface area (TPSA) is 107 Å². The second-order valence-corrected chi connectivity index (χ2v) is 9.55. The fourth-order valence-electron chi connectivity index (χ4n) is 3.62. The number of amides is 1. The summed E-state index contributed by atoms with van der Waals surface area (Å²) in [5.41, 5.74) is 0.332. The molecule has 170 valence electrons. The number of anilines is 1. The van der Waals surface area contributed by atoms with E-state index in [4.69, 9.17) is 9.47 Å². The van der Waals surface area contributed by atoms with Gasteiger partial charge in [0.2, 0.25) is 0 Å². The van der Waals surface area contributed by atoms with Crippen LogP contribution in [0.5, 0.6) is 0 Å². The third kappa shape index (κ3) is 6.56. The maximum atomic E-state index is 12.0. The number of carbonyl (C=O) groups is 2. The van der Waals surface area contributed by atoms with E-state index >= 15 is 0 Å². The van der Waals surface area contributed by atoms with E-state index in [-0.39, 0.29) is 17.8 Å². The molecule has 0 spiro atoms. The third-order valence-corrected chi connectivity index (χ3v) is 5.40. The van der Waals surface area contributed by atoms with Crippen LogP contribution >= 0.6 is 15.9 Å². The van der Waals surface area contributed by atoms with Crippen molar-refractivity contribution >= 4 is 39.5 Å². The lowest BCUT2D eigenvalue weighted by atomic mass is 9.86. The lowest BCUT2D eigenvalue weighted by Gasteiger charge is -2.30. The Hall–Kier alpha value is -2.36. The predicted molar refractivity (Wildman–Crippen MR) is 120 cm³/mol. The van der Waals surface area contributed by atoms with Crippen LogP contribution in [0, 0.1) is 5.92 Å². The van der Waals surface area contributed by atoms with Gasteiger partial charge in [0, 0.05) is 25.0 Å². The van der Waals surface area contributed by atoms with E-state index in [1.807, 2.05) is 20.8 Å². The Labute approximate surface area is 190 Å². The van der Waals surface area contributed by atoms with Gasteiger partial charge in [-0.05, 0) is 75.2 Å². The van der Waals surface area contributed by atoms with Crippen LogP contribution in [0.1, 0.15) is 63.9 Å². The molecule has 0 atom stereocenters. The summed E-state index contributed by atoms with van der Waals surface area (Å²) in [7, 11) is 0. The zero-order valence-electron chi connectivity index (χ0n) is 18.4. The van der Waals surface area contributed by atoms with E-state index in [0.29, 0.717) is 28.6 Å². The Kier molecular flexibility index (Phi) is 7.40. The summed E-state index contributed by atoms with van der Waals surface area (Å²) in [5.74, 6) is 0.611. The number of nitrogens with zero attached hydrogens (tertiary/aromatic N) is 3. The van der Waals surface area contributed by atoms with E-state index in [0.717, 1.165) is 32.2 Å². The van der Waals surface area contributed by atoms with E-state index in [9.17, 15) is 9.59 Å². The zero-order valence-corrected chi connectivity index (χ0v) is 20.0. The van der Waals surface area contributed by atoms with Crippen LogP contribution in [-0.2, 0) is 9.47 Å². The fourth-order valence-corrected chi connectivity index (χ4v) is 4.01. The smallest absolute Gasteiger partial charge is 0.407 e. The molecule has 0 saturated heterocycles. The van der Waals surface area contributed by atoms with E-state index in [1.54, 1.807) is 23.7 Å². The molecule has 0 aromatic carbocycles. The first-order valence-corrected chi connectivity index (χ1v) is 11.4. The van der Waals surface area contributed by atoms with Crippen LogP contribution < -0.4 is 10.6 Å². The molecule has 1 amide bonds. The molecule has 0 aliphatic heterocycles. The summed E-state index contributed by atoms with van der Waals surface area (Å²) in [6, 6.07) is 0.140. The minimum atomic E-state index is -0.493. The van der Waals surface area contributed by atoms with Crippen LogP contribution in [0.2, 0.25) is 0 Å². The molecule has 0 unspecified atom stereocenters. The van der Waals surface area contributed by atoms with Crippen molar-refractivity contribution in [2.24, 2.45) is 5.92 Å². The minimum absolute atomic E-state index is 0.140. The first kappa shape index (κ1) is 23.3. The van der Waals surface area contributed by atoms with Gasteiger partial charge in [-0.15, -0.1) is 0 Å². The molecule has 2 aromatic heterocycles. The van der Waals surface area contributed by atoms with Gasteiger partial charge in [0.05, 0.1) is 6.61 Å². The molecular formula is C21H30BrN5O4. The highest BCUT2D eigenvalue weighted by Gasteiger charge is 2.25. The molecule has 2 heterocycles. The summed E-state index contributed by atoms with van der Waals surface area (Å²) in [6.45, 7) is 8.37. The Morgan fingerprint density at radius 1 is 1.19 bits per heavy atom. The normalized spacial score (nSPS) is 19.1. The second kappa shape index (κ2) is 9.84. The molecule has 2 N–H and O–H groups in total. The first-order valence-electron chi connectivity index (χ1n) is 10.6. The summed E-state index contributed by atoms with van der Waals surface area (Å²) in [6.07, 6.45) is 6.82. The van der Waals surface area contributed by atoms with Gasteiger partial charge >= 0.3 is 12.1 Å². The van der Waals surface area contributed by atoms with Crippen molar-refractivity contribution in [2.45, 2.75) is 65.0 Å². The molecule has 1 aliphatic carbocycles. The largest absolute Gasteiger partial charge is 0.461 e. The highest BCUT2D eigenvalue weighted by Crippen LogP contribution is 2.26. The van der Waals surface area contributed by atoms with Gasteiger partial charge in [-0.25, -0.2) is 19.6 Å². The van der Waals surface area contributed by atoms with Crippen LogP contribution in [0.4, 0.5) is 10.6 Å². The number of alkyl carbamates (subject to hydrolysis) is 1. The van der Waals surface area contributed by atoms with E-state index in [1.165, 1.54) is 0 Å². The van der Waals surface area contributed by atoms with Gasteiger partial charge in [0.1, 0.15) is 10.2 Å². The molecule has 1 fully saturated rings. The lowest BCUT2D eigenvalue weighted by molar-refractivity contribution is 0.0485. The van der Waals surface area contributed by atoms with Crippen molar-refractivity contribution in [1.29, 1.82) is 0 Å². The van der Waals surface area contributed by atoms with E-state index < -0.39 is 11.6 Å². The monoisotopic (exact) mass is 495 g/mol. The molecule has 31 heavy (non-hydrogen) atoms. The van der Waals surface area contributed by atoms with Crippen molar-refractivity contribution in [1.82, 2.24) is 19.7 Å². The van der Waals surface area contributed by atoms with Crippen molar-refractivity contribution in [3.8, 4) is 0 Å². The molecule has 10 heteroatoms. The molecule has 1 aliphatic rings. The Bertz CT molecular complexity index is 932. The van der Waals surface area contributed by atoms with Gasteiger partial charge in [0.15, 0.2) is 17.2 Å². The quantitative estimate of drug-likeness (QED) is 0.579. The average molecular weight is 496 g/mol. The van der Waals surface area contributed by atoms with Gasteiger partial charge < -0.3 is 24.5 Å². The molecule has 0 radical (unpaired) electrons. The number of hydrogen-bond acceptors (Lipinski definition) is 7. The minimum Gasteiger partial charge on any atom is -0.461 e. The average Bonchev–Trinajstić information content (AvgIpc) is 3.10. The number of imidazole rings is 1. The van der Waals surface area contributed by atoms with Crippen molar-refractivity contribution in [2.75, 3.05) is 18.5 Å². The molecule has 9 nitrogen and oxygen atoms in total. The number of halogens is 1. The van der Waals surface area contributed by atoms with Crippen LogP contribution in [-0.4, -0.2) is 51.2 Å². The molecule has 3 rings (SSSR count). The number of hydrogen-bond donors (Lipinski definition) is 2. The molecular weight excluding hydrogens is 466 g/mol. The van der Waals surface area contributed by atoms with E-state index in [2.05, 4.69) is 36.5 Å². The van der Waals surface area contributed by atoms with Crippen LogP contribution in [0.3, 0.4) is 0 Å². The standard InChI is InChI=1S/C21H30BrN5O4/c1-5-30-19(28)15-11-27-12-16(22)26-17(18(27)25-15)23-10-13-6-8-14(9-7-13)24-20(29)31-21(2,3)4/h11-14H,5-10H2,1-4H3,(H,23,26)(H,24,29)/t13-,14-. The molecule has 2 aromatic rings. The Morgan fingerprint density at radius 3 is 2.55 bits per heavy atom. The van der Waals surface area contributed by atoms with Crippen LogP contribution in [0.25, 0.3) is 5.65 Å². The third-order valence-electron chi connectivity index (χ3n) is 5.02. The predicted octanol–water partition coefficient (Wildman–Crippen LogP) is 4.16. The van der Waals surface area contributed by atoms with Gasteiger partial charge in [-0.1, -0.05) is 0 Å². The van der Waals surface area contributed by atoms with Crippen molar-refractivity contribution < 1.29 is 19.1 Å². The maximum absolute atomic E-state index is 12.0. The second-order valence-electron chi connectivity index (χ2n) is 8.73. The highest BCUT2D eigenvalue weighted by molar-refractivity contribution is 9.10. The Morgan fingerprint density at radius 2 is 1.90 bits per heavy atom. The first-order chi connectivity index (χ1) is 14.6. The highest BCUT2D eigenvalue weighted by atomic mass is 79.9. The summed E-state index contributed by atoms with van der Waals surface area (Å²) >= 11 is 3.41. The lowest BCUT2D eigenvalue weighted by Crippen LogP contribution is -2.41. The SMILES string of the molecule is CCOC(=O)c1cn2cc(Br)nc(NC[C@H]3CC[C@H](NC(=O)OC(C)(C)C)CC3)c2n1. The summed E-state index contributed by atoms with van der Waals surface area (Å²) in [5, 5.41) is 6.35. The number of nitrogens with one attached hydrogen (secondary N) is 2. The van der Waals surface area contributed by atoms with Crippen molar-refractivity contribution in [3.05, 3.63) is 22.7 Å². The Balaban J connectivity index is 1.56. The molecule has 1 saturated carbocycles. The van der Waals surface area contributed by atoms with Crippen LogP contribution in [0.15, 0.2) is 17.0 Å². The number of rotatable bonds is 6. The number of ether oxygens (including phenoxy) is 2. The fraction of sp³-hybridized carbons (Fsp3) is 0.619. The maximum Gasteiger partial charge on any atom is 0.407 e. The zero-order chi connectivity index (χ0) is 22.6. The van der Waals surface area contributed by atoms with Crippen molar-refractivity contribution in [3.63, 3.8) is 0 Å². The number of fused-ring (bicyclic) bond motifs is 1. The number of esters is 1. The van der Waals surface area contributed by atoms with Gasteiger partial charge in [-0.2, -0.15) is 0 Å². The number of aromatic nitrogens is 3. The number of carbonyl (C=O) groups excluding carboxylic acids is 2. The van der Waals surface area contributed by atoms with Gasteiger partial charge in [-0.3, -0.25) is 0 Å². The molecule has 0 bridgehead atoms. The summed E-state index contributed by atoms with van der Waals surface area (Å²) in [4.78, 5) is 32.9.